The molecule has 1 aromatic carbocycles. The monoisotopic (exact) mass is 391 g/mol. The van der Waals surface area contributed by atoms with E-state index < -0.39 is 5.97 Å². The molecule has 0 radical (unpaired) electrons. The van der Waals surface area contributed by atoms with Crippen molar-refractivity contribution >= 4 is 45.6 Å². The van der Waals surface area contributed by atoms with E-state index in [2.05, 4.69) is 22.6 Å². The molecule has 3 nitrogen and oxygen atoms in total. The molecule has 0 saturated carbocycles. The number of hydrogen-bond donors (Lipinski definition) is 1. The molecule has 100 valence electrons. The molecule has 1 aromatic heterocycles. The van der Waals surface area contributed by atoms with E-state index in [1.807, 2.05) is 0 Å². The lowest BCUT2D eigenvalue weighted by molar-refractivity contribution is 0.0533. The number of carbonyl (C=O) groups excluding carboxylic acids is 1. The summed E-state index contributed by atoms with van der Waals surface area (Å²) in [6, 6.07) is 6.22. The van der Waals surface area contributed by atoms with Crippen LogP contribution in [0.2, 0.25) is 0 Å². The van der Waals surface area contributed by atoms with Gasteiger partial charge in [0.25, 0.3) is 0 Å². The first-order valence-electron chi connectivity index (χ1n) is 5.54. The number of ether oxygens (including phenoxy) is 1. The lowest BCUT2D eigenvalue weighted by Crippen LogP contribution is -2.04. The number of rotatable bonds is 3. The third-order valence-electron chi connectivity index (χ3n) is 2.42. The minimum absolute atomic E-state index is 0.289. The second-order valence-corrected chi connectivity index (χ2v) is 5.95. The van der Waals surface area contributed by atoms with Crippen LogP contribution in [0.5, 0.6) is 0 Å². The van der Waals surface area contributed by atoms with Crippen LogP contribution in [0.3, 0.4) is 0 Å². The van der Waals surface area contributed by atoms with Crippen LogP contribution in [0.4, 0.5) is 10.1 Å². The summed E-state index contributed by atoms with van der Waals surface area (Å²) in [6.07, 6.45) is 0. The Morgan fingerprint density at radius 2 is 2.21 bits per heavy atom. The highest BCUT2D eigenvalue weighted by Gasteiger charge is 2.17. The van der Waals surface area contributed by atoms with Gasteiger partial charge in [0.2, 0.25) is 0 Å². The Labute approximate surface area is 127 Å². The number of halogens is 2. The number of hydrogen-bond acceptors (Lipinski definition) is 4. The number of nitrogens with two attached hydrogens (primary N) is 1. The highest BCUT2D eigenvalue weighted by molar-refractivity contribution is 14.1. The van der Waals surface area contributed by atoms with Crippen molar-refractivity contribution in [3.63, 3.8) is 0 Å². The van der Waals surface area contributed by atoms with Crippen molar-refractivity contribution in [3.8, 4) is 10.4 Å². The molecule has 0 bridgehead atoms. The van der Waals surface area contributed by atoms with Crippen LogP contribution in [0.1, 0.15) is 16.6 Å². The van der Waals surface area contributed by atoms with E-state index in [1.54, 1.807) is 19.1 Å². The Morgan fingerprint density at radius 3 is 2.84 bits per heavy atom. The molecule has 1 heterocycles. The third kappa shape index (κ3) is 3.06. The van der Waals surface area contributed by atoms with Gasteiger partial charge in [-0.2, -0.15) is 0 Å². The fraction of sp³-hybridized carbons (Fsp3) is 0.154. The summed E-state index contributed by atoms with van der Waals surface area (Å²) in [5.74, 6) is -0.711. The second-order valence-electron chi connectivity index (χ2n) is 3.74. The largest absolute Gasteiger partial charge is 0.462 e. The zero-order valence-electron chi connectivity index (χ0n) is 10.1. The quantitative estimate of drug-likeness (QED) is 0.638. The number of nitrogen functional groups attached to an aromatic ring is 1. The van der Waals surface area contributed by atoms with Crippen molar-refractivity contribution in [1.29, 1.82) is 0 Å². The maximum Gasteiger partial charge on any atom is 0.350 e. The first-order chi connectivity index (χ1) is 9.02. The molecule has 0 amide bonds. The van der Waals surface area contributed by atoms with E-state index in [9.17, 15) is 9.18 Å². The zero-order chi connectivity index (χ0) is 14.0. The normalized spacial score (nSPS) is 10.5. The number of benzene rings is 1. The first kappa shape index (κ1) is 14.3. The van der Waals surface area contributed by atoms with E-state index in [0.717, 1.165) is 14.0 Å². The molecule has 0 fully saturated rings. The minimum Gasteiger partial charge on any atom is -0.462 e. The van der Waals surface area contributed by atoms with E-state index >= 15 is 0 Å². The van der Waals surface area contributed by atoms with Crippen molar-refractivity contribution in [3.05, 3.63) is 38.5 Å². The highest BCUT2D eigenvalue weighted by atomic mass is 127. The molecule has 2 rings (SSSR count). The maximum atomic E-state index is 13.1. The molecule has 0 spiro atoms. The summed E-state index contributed by atoms with van der Waals surface area (Å²) >= 11 is 3.31. The van der Waals surface area contributed by atoms with Crippen LogP contribution in [0, 0.1) is 9.39 Å². The van der Waals surface area contributed by atoms with E-state index in [0.29, 0.717) is 17.2 Å². The minimum atomic E-state index is -0.423. The van der Waals surface area contributed by atoms with Crippen molar-refractivity contribution < 1.29 is 13.9 Å². The molecular weight excluding hydrogens is 380 g/mol. The van der Waals surface area contributed by atoms with Crippen LogP contribution in [-0.4, -0.2) is 12.6 Å². The van der Waals surface area contributed by atoms with Crippen LogP contribution >= 0.6 is 33.9 Å². The summed E-state index contributed by atoms with van der Waals surface area (Å²) in [7, 11) is 0. The fourth-order valence-corrected chi connectivity index (χ4v) is 3.55. The van der Waals surface area contributed by atoms with Gasteiger partial charge in [-0.15, -0.1) is 11.3 Å². The molecule has 2 N–H and O–H groups in total. The zero-order valence-corrected chi connectivity index (χ0v) is 13.0. The number of anilines is 1. The SMILES string of the molecule is CCOC(=O)c1sc(-c2ccc(F)cc2I)cc1N. The van der Waals surface area contributed by atoms with Crippen molar-refractivity contribution in [1.82, 2.24) is 0 Å². The van der Waals surface area contributed by atoms with E-state index in [4.69, 9.17) is 10.5 Å². The van der Waals surface area contributed by atoms with Gasteiger partial charge in [0.15, 0.2) is 0 Å². The predicted octanol–water partition coefficient (Wildman–Crippen LogP) is 3.92. The van der Waals surface area contributed by atoms with Crippen LogP contribution in [0.15, 0.2) is 24.3 Å². The number of esters is 1. The van der Waals surface area contributed by atoms with E-state index in [-0.39, 0.29) is 5.82 Å². The van der Waals surface area contributed by atoms with Gasteiger partial charge in [-0.1, -0.05) is 0 Å². The molecule has 0 unspecified atom stereocenters. The summed E-state index contributed by atoms with van der Waals surface area (Å²) in [4.78, 5) is 12.9. The van der Waals surface area contributed by atoms with Crippen molar-refractivity contribution in [2.24, 2.45) is 0 Å². The van der Waals surface area contributed by atoms with Gasteiger partial charge in [0.1, 0.15) is 10.7 Å². The lowest BCUT2D eigenvalue weighted by atomic mass is 10.2. The smallest absolute Gasteiger partial charge is 0.350 e. The van der Waals surface area contributed by atoms with Gasteiger partial charge < -0.3 is 10.5 Å². The molecule has 6 heteroatoms. The Bertz CT molecular complexity index is 627. The maximum absolute atomic E-state index is 13.1. The first-order valence-corrected chi connectivity index (χ1v) is 7.44. The van der Waals surface area contributed by atoms with E-state index in [1.165, 1.54) is 23.5 Å². The Balaban J connectivity index is 2.42. The van der Waals surface area contributed by atoms with Crippen LogP contribution in [0.25, 0.3) is 10.4 Å². The molecule has 0 aliphatic heterocycles. The van der Waals surface area contributed by atoms with Gasteiger partial charge in [0, 0.05) is 14.0 Å². The predicted molar refractivity (Wildman–Crippen MR) is 82.8 cm³/mol. The molecule has 0 saturated heterocycles. The fourth-order valence-electron chi connectivity index (χ4n) is 1.58. The molecular formula is C13H11FINO2S. The average molecular weight is 391 g/mol. The Hall–Kier alpha value is -1.15. The second kappa shape index (κ2) is 5.87. The topological polar surface area (TPSA) is 52.3 Å². The summed E-state index contributed by atoms with van der Waals surface area (Å²) < 4.78 is 18.8. The summed E-state index contributed by atoms with van der Waals surface area (Å²) in [5.41, 5.74) is 7.07. The van der Waals surface area contributed by atoms with Crippen molar-refractivity contribution in [2.45, 2.75) is 6.92 Å². The van der Waals surface area contributed by atoms with Gasteiger partial charge in [-0.3, -0.25) is 0 Å². The molecule has 0 atom stereocenters. The number of carbonyl (C=O) groups is 1. The van der Waals surface area contributed by atoms with Gasteiger partial charge in [-0.25, -0.2) is 9.18 Å². The van der Waals surface area contributed by atoms with Crippen LogP contribution < -0.4 is 5.73 Å². The van der Waals surface area contributed by atoms with Gasteiger partial charge in [-0.05, 0) is 53.8 Å². The average Bonchev–Trinajstić information content (AvgIpc) is 2.71. The van der Waals surface area contributed by atoms with Crippen LogP contribution in [-0.2, 0) is 4.74 Å². The van der Waals surface area contributed by atoms with Gasteiger partial charge >= 0.3 is 5.97 Å². The standard InChI is InChI=1S/C13H11FINO2S/c1-2-18-13(17)12-10(16)6-11(19-12)8-4-3-7(14)5-9(8)15/h3-6H,2,16H2,1H3. The van der Waals surface area contributed by atoms with Crippen molar-refractivity contribution in [2.75, 3.05) is 12.3 Å². The molecule has 2 aromatic rings. The molecule has 0 aliphatic rings. The third-order valence-corrected chi connectivity index (χ3v) is 4.47. The Morgan fingerprint density at radius 1 is 1.47 bits per heavy atom. The number of thiophene rings is 1. The van der Waals surface area contributed by atoms with Gasteiger partial charge in [0.05, 0.1) is 12.3 Å². The summed E-state index contributed by atoms with van der Waals surface area (Å²) in [6.45, 7) is 2.05. The highest BCUT2D eigenvalue weighted by Crippen LogP contribution is 2.36. The Kier molecular flexibility index (Phi) is 4.41. The molecule has 0 aliphatic carbocycles. The molecule has 19 heavy (non-hydrogen) atoms. The lowest BCUT2D eigenvalue weighted by Gasteiger charge is -2.01. The summed E-state index contributed by atoms with van der Waals surface area (Å²) in [5, 5.41) is 0.